The second kappa shape index (κ2) is 6.66. The molecule has 0 radical (unpaired) electrons. The van der Waals surface area contributed by atoms with Crippen molar-refractivity contribution in [3.05, 3.63) is 59.5 Å². The van der Waals surface area contributed by atoms with Crippen LogP contribution in [-0.4, -0.2) is 34.6 Å². The lowest BCUT2D eigenvalue weighted by atomic mass is 9.71. The Labute approximate surface area is 153 Å². The van der Waals surface area contributed by atoms with Gasteiger partial charge in [0.15, 0.2) is 5.76 Å². The quantitative estimate of drug-likeness (QED) is 0.804. The largest absolute Gasteiger partial charge is 0.459 e. The Bertz CT molecular complexity index is 861. The number of carbonyl (C=O) groups excluding carboxylic acids is 1. The van der Waals surface area contributed by atoms with E-state index in [1.165, 1.54) is 6.26 Å². The third-order valence-corrected chi connectivity index (χ3v) is 5.65. The molecule has 2 aromatic rings. The van der Waals surface area contributed by atoms with E-state index >= 15 is 0 Å². The second-order valence-corrected chi connectivity index (χ2v) is 7.49. The summed E-state index contributed by atoms with van der Waals surface area (Å²) in [5.74, 6) is 6.85. The molecular weight excluding hydrogens is 326 g/mol. The average Bonchev–Trinajstić information content (AvgIpc) is 3.30. The van der Waals surface area contributed by atoms with Gasteiger partial charge in [0.1, 0.15) is 5.60 Å². The minimum atomic E-state index is -1.04. The SMILES string of the molecule is Cc1cccc(C#CC2(O)CCCC3CN(C(=O)c4ccco4)CC32)c1. The monoisotopic (exact) mass is 349 g/mol. The summed E-state index contributed by atoms with van der Waals surface area (Å²) in [6, 6.07) is 11.4. The van der Waals surface area contributed by atoms with Crippen molar-refractivity contribution in [2.24, 2.45) is 11.8 Å². The van der Waals surface area contributed by atoms with Gasteiger partial charge in [0, 0.05) is 24.6 Å². The Morgan fingerprint density at radius 1 is 1.31 bits per heavy atom. The van der Waals surface area contributed by atoms with Crippen LogP contribution < -0.4 is 0 Å². The summed E-state index contributed by atoms with van der Waals surface area (Å²) in [6.45, 7) is 3.23. The number of fused-ring (bicyclic) bond motifs is 1. The Balaban J connectivity index is 1.56. The highest BCUT2D eigenvalue weighted by atomic mass is 16.3. The molecule has 1 N–H and O–H groups in total. The van der Waals surface area contributed by atoms with Crippen molar-refractivity contribution < 1.29 is 14.3 Å². The molecule has 1 aromatic heterocycles. The van der Waals surface area contributed by atoms with Gasteiger partial charge in [0.2, 0.25) is 0 Å². The van der Waals surface area contributed by atoms with Gasteiger partial charge in [0.05, 0.1) is 6.26 Å². The molecule has 1 aliphatic carbocycles. The molecule has 4 nitrogen and oxygen atoms in total. The first-order valence-electron chi connectivity index (χ1n) is 9.20. The Morgan fingerprint density at radius 2 is 2.19 bits per heavy atom. The molecule has 4 rings (SSSR count). The van der Waals surface area contributed by atoms with Gasteiger partial charge < -0.3 is 14.4 Å². The fourth-order valence-electron chi connectivity index (χ4n) is 4.30. The van der Waals surface area contributed by atoms with Crippen LogP contribution in [0.5, 0.6) is 0 Å². The Morgan fingerprint density at radius 3 is 2.96 bits per heavy atom. The first-order valence-corrected chi connectivity index (χ1v) is 9.20. The van der Waals surface area contributed by atoms with Crippen molar-refractivity contribution in [1.29, 1.82) is 0 Å². The van der Waals surface area contributed by atoms with E-state index in [1.54, 1.807) is 17.0 Å². The summed E-state index contributed by atoms with van der Waals surface area (Å²) < 4.78 is 5.25. The first kappa shape index (κ1) is 16.9. The van der Waals surface area contributed by atoms with E-state index < -0.39 is 5.60 Å². The Hall–Kier alpha value is -2.51. The molecule has 0 bridgehead atoms. The highest BCUT2D eigenvalue weighted by Crippen LogP contribution is 2.42. The van der Waals surface area contributed by atoms with Crippen LogP contribution >= 0.6 is 0 Å². The lowest BCUT2D eigenvalue weighted by Crippen LogP contribution is -2.44. The zero-order chi connectivity index (χ0) is 18.1. The van der Waals surface area contributed by atoms with Crippen LogP contribution in [0.25, 0.3) is 0 Å². The van der Waals surface area contributed by atoms with Gasteiger partial charge in [-0.2, -0.15) is 0 Å². The van der Waals surface area contributed by atoms with Crippen LogP contribution in [0.15, 0.2) is 47.1 Å². The molecule has 4 heteroatoms. The highest BCUT2D eigenvalue weighted by Gasteiger charge is 2.49. The van der Waals surface area contributed by atoms with Crippen LogP contribution in [0.3, 0.4) is 0 Å². The first-order chi connectivity index (χ1) is 12.5. The Kier molecular flexibility index (Phi) is 4.34. The van der Waals surface area contributed by atoms with Gasteiger partial charge in [-0.25, -0.2) is 0 Å². The fraction of sp³-hybridized carbons (Fsp3) is 0.409. The molecule has 2 aliphatic rings. The molecule has 1 aliphatic heterocycles. The predicted molar refractivity (Wildman–Crippen MR) is 98.4 cm³/mol. The predicted octanol–water partition coefficient (Wildman–Crippen LogP) is 3.24. The van der Waals surface area contributed by atoms with Crippen molar-refractivity contribution in [3.63, 3.8) is 0 Å². The van der Waals surface area contributed by atoms with Crippen LogP contribution in [0.2, 0.25) is 0 Å². The molecule has 2 fully saturated rings. The van der Waals surface area contributed by atoms with E-state index in [4.69, 9.17) is 4.42 Å². The summed E-state index contributed by atoms with van der Waals surface area (Å²) in [7, 11) is 0. The van der Waals surface area contributed by atoms with Gasteiger partial charge in [-0.3, -0.25) is 4.79 Å². The number of likely N-dealkylation sites (tertiary alicyclic amines) is 1. The van der Waals surface area contributed by atoms with E-state index in [0.29, 0.717) is 31.2 Å². The third kappa shape index (κ3) is 3.15. The highest BCUT2D eigenvalue weighted by molar-refractivity contribution is 5.91. The van der Waals surface area contributed by atoms with Gasteiger partial charge >= 0.3 is 0 Å². The normalized spacial score (nSPS) is 27.5. The molecule has 1 aromatic carbocycles. The third-order valence-electron chi connectivity index (χ3n) is 5.65. The van der Waals surface area contributed by atoms with E-state index in [9.17, 15) is 9.90 Å². The van der Waals surface area contributed by atoms with E-state index in [2.05, 4.69) is 11.8 Å². The van der Waals surface area contributed by atoms with Gasteiger partial charge in [0.25, 0.3) is 5.91 Å². The minimum absolute atomic E-state index is 0.00697. The molecule has 3 atom stereocenters. The zero-order valence-corrected chi connectivity index (χ0v) is 14.9. The number of aryl methyl sites for hydroxylation is 1. The van der Waals surface area contributed by atoms with Crippen molar-refractivity contribution in [2.75, 3.05) is 13.1 Å². The van der Waals surface area contributed by atoms with Crippen LogP contribution in [0, 0.1) is 30.6 Å². The molecule has 1 amide bonds. The second-order valence-electron chi connectivity index (χ2n) is 7.49. The summed E-state index contributed by atoms with van der Waals surface area (Å²) >= 11 is 0. The van der Waals surface area contributed by atoms with Crippen LogP contribution in [0.1, 0.15) is 40.9 Å². The van der Waals surface area contributed by atoms with E-state index in [1.807, 2.05) is 31.2 Å². The summed E-state index contributed by atoms with van der Waals surface area (Å²) in [6.07, 6.45) is 4.14. The maximum atomic E-state index is 12.6. The van der Waals surface area contributed by atoms with Crippen molar-refractivity contribution in [3.8, 4) is 11.8 Å². The van der Waals surface area contributed by atoms with Gasteiger partial charge in [-0.1, -0.05) is 24.0 Å². The number of hydrogen-bond donors (Lipinski definition) is 1. The number of aliphatic hydroxyl groups is 1. The number of hydrogen-bond acceptors (Lipinski definition) is 3. The van der Waals surface area contributed by atoms with Gasteiger partial charge in [-0.15, -0.1) is 0 Å². The zero-order valence-electron chi connectivity index (χ0n) is 14.9. The van der Waals surface area contributed by atoms with E-state index in [-0.39, 0.29) is 11.8 Å². The van der Waals surface area contributed by atoms with Crippen LogP contribution in [0.4, 0.5) is 0 Å². The minimum Gasteiger partial charge on any atom is -0.459 e. The molecule has 134 valence electrons. The molecule has 26 heavy (non-hydrogen) atoms. The number of rotatable bonds is 1. The van der Waals surface area contributed by atoms with E-state index in [0.717, 1.165) is 24.0 Å². The number of carbonyl (C=O) groups is 1. The summed E-state index contributed by atoms with van der Waals surface area (Å²) in [5, 5.41) is 11.3. The summed E-state index contributed by atoms with van der Waals surface area (Å²) in [4.78, 5) is 14.4. The smallest absolute Gasteiger partial charge is 0.289 e. The maximum absolute atomic E-state index is 12.6. The molecule has 3 unspecified atom stereocenters. The molecule has 0 spiro atoms. The topological polar surface area (TPSA) is 53.7 Å². The molecule has 1 saturated heterocycles. The molecular formula is C22H23NO3. The number of nitrogens with zero attached hydrogens (tertiary/aromatic N) is 1. The number of amides is 1. The standard InChI is InChI=1S/C22H23NO3/c1-16-5-2-6-17(13-16)9-11-22(25)10-3-7-18-14-23(15-19(18)22)21(24)20-8-4-12-26-20/h2,4-6,8,12-13,18-19,25H,3,7,10,14-15H2,1H3. The van der Waals surface area contributed by atoms with Gasteiger partial charge in [-0.05, 0) is 61.9 Å². The lowest BCUT2D eigenvalue weighted by Gasteiger charge is -2.37. The summed E-state index contributed by atoms with van der Waals surface area (Å²) in [5.41, 5.74) is 1.04. The molecule has 2 heterocycles. The van der Waals surface area contributed by atoms with Crippen molar-refractivity contribution >= 4 is 5.91 Å². The molecule has 1 saturated carbocycles. The average molecular weight is 349 g/mol. The fourth-order valence-corrected chi connectivity index (χ4v) is 4.30. The van der Waals surface area contributed by atoms with Crippen molar-refractivity contribution in [1.82, 2.24) is 4.90 Å². The van der Waals surface area contributed by atoms with Crippen molar-refractivity contribution in [2.45, 2.75) is 31.8 Å². The van der Waals surface area contributed by atoms with Crippen LogP contribution in [-0.2, 0) is 0 Å². The number of furan rings is 1. The number of benzene rings is 1. The maximum Gasteiger partial charge on any atom is 0.289 e. The lowest BCUT2D eigenvalue weighted by molar-refractivity contribution is -0.00782.